The normalized spacial score (nSPS) is 14.1. The van der Waals surface area contributed by atoms with Gasteiger partial charge in [0, 0.05) is 10.8 Å². The lowest BCUT2D eigenvalue weighted by Crippen LogP contribution is -2.14. The van der Waals surface area contributed by atoms with E-state index in [1.165, 1.54) is 122 Å². The van der Waals surface area contributed by atoms with E-state index in [0.29, 0.717) is 0 Å². The average molecular weight is 791 g/mol. The molecule has 0 unspecified atom stereocenters. The third-order valence-electron chi connectivity index (χ3n) is 14.3. The van der Waals surface area contributed by atoms with E-state index < -0.39 is 0 Å². The second-order valence-corrected chi connectivity index (χ2v) is 18.4. The molecule has 2 aliphatic rings. The molecule has 0 N–H and O–H groups in total. The van der Waals surface area contributed by atoms with Gasteiger partial charge in [-0.3, -0.25) is 0 Å². The third kappa shape index (κ3) is 5.39. The molecule has 10 aromatic carbocycles. The summed E-state index contributed by atoms with van der Waals surface area (Å²) in [6.07, 6.45) is 0. The van der Waals surface area contributed by atoms with Crippen LogP contribution in [0.25, 0.3) is 99.4 Å². The molecule has 12 rings (SSSR count). The van der Waals surface area contributed by atoms with Crippen molar-refractivity contribution < 1.29 is 0 Å². The summed E-state index contributed by atoms with van der Waals surface area (Å²) < 4.78 is 0. The highest BCUT2D eigenvalue weighted by molar-refractivity contribution is 6.23. The van der Waals surface area contributed by atoms with Gasteiger partial charge in [-0.25, -0.2) is 0 Å². The van der Waals surface area contributed by atoms with Crippen LogP contribution < -0.4 is 0 Å². The minimum absolute atomic E-state index is 0.0599. The van der Waals surface area contributed by atoms with Crippen molar-refractivity contribution in [2.75, 3.05) is 0 Å². The first-order chi connectivity index (χ1) is 30.3. The molecule has 0 saturated heterocycles. The highest BCUT2D eigenvalue weighted by atomic mass is 14.4. The molecule has 0 nitrogen and oxygen atoms in total. The Balaban J connectivity index is 1.11. The average Bonchev–Trinajstić information content (AvgIpc) is 3.69. The van der Waals surface area contributed by atoms with Crippen molar-refractivity contribution in [1.29, 1.82) is 0 Å². The zero-order valence-corrected chi connectivity index (χ0v) is 35.6. The summed E-state index contributed by atoms with van der Waals surface area (Å²) >= 11 is 0. The Kier molecular flexibility index (Phi) is 8.03. The van der Waals surface area contributed by atoms with Gasteiger partial charge in [0.2, 0.25) is 0 Å². The minimum atomic E-state index is -0.0786. The molecule has 2 aliphatic carbocycles. The van der Waals surface area contributed by atoms with Gasteiger partial charge in [-0.1, -0.05) is 216 Å². The van der Waals surface area contributed by atoms with Crippen LogP contribution in [0.15, 0.2) is 206 Å². The van der Waals surface area contributed by atoms with E-state index in [4.69, 9.17) is 0 Å². The van der Waals surface area contributed by atoms with Crippen LogP contribution in [0.2, 0.25) is 0 Å². The van der Waals surface area contributed by atoms with E-state index in [9.17, 15) is 0 Å². The fourth-order valence-electron chi connectivity index (χ4n) is 11.1. The molecule has 0 radical (unpaired) electrons. The van der Waals surface area contributed by atoms with Crippen molar-refractivity contribution >= 4 is 21.5 Å². The molecule has 0 bridgehead atoms. The first-order valence-corrected chi connectivity index (χ1v) is 22.0. The third-order valence-corrected chi connectivity index (χ3v) is 14.3. The minimum Gasteiger partial charge on any atom is -0.0622 e. The zero-order chi connectivity index (χ0) is 41.7. The maximum atomic E-state index is 2.49. The van der Waals surface area contributed by atoms with E-state index in [-0.39, 0.29) is 10.8 Å². The van der Waals surface area contributed by atoms with Gasteiger partial charge in [-0.2, -0.15) is 0 Å². The van der Waals surface area contributed by atoms with Gasteiger partial charge in [-0.15, -0.1) is 0 Å². The Morgan fingerprint density at radius 2 is 0.677 bits per heavy atom. The van der Waals surface area contributed by atoms with E-state index in [0.717, 1.165) is 0 Å². The largest absolute Gasteiger partial charge is 0.0622 e. The van der Waals surface area contributed by atoms with E-state index in [1.54, 1.807) is 0 Å². The fourth-order valence-corrected chi connectivity index (χ4v) is 11.1. The molecular formula is C62H46. The predicted molar refractivity (Wildman–Crippen MR) is 264 cm³/mol. The molecule has 0 atom stereocenters. The summed E-state index contributed by atoms with van der Waals surface area (Å²) in [5, 5.41) is 5.04. The molecule has 0 heterocycles. The molecule has 0 aromatic heterocycles. The summed E-state index contributed by atoms with van der Waals surface area (Å²) in [7, 11) is 0. The van der Waals surface area contributed by atoms with Crippen molar-refractivity contribution in [1.82, 2.24) is 0 Å². The zero-order valence-electron chi connectivity index (χ0n) is 35.6. The Morgan fingerprint density at radius 1 is 0.226 bits per heavy atom. The van der Waals surface area contributed by atoms with Gasteiger partial charge in [-0.05, 0) is 140 Å². The molecule has 0 amide bonds. The lowest BCUT2D eigenvalue weighted by Gasteiger charge is -2.23. The summed E-state index contributed by atoms with van der Waals surface area (Å²) in [5.41, 5.74) is 23.2. The van der Waals surface area contributed by atoms with E-state index in [2.05, 4.69) is 234 Å². The molecule has 0 aliphatic heterocycles. The first-order valence-electron chi connectivity index (χ1n) is 22.0. The predicted octanol–water partition coefficient (Wildman–Crippen LogP) is 16.9. The van der Waals surface area contributed by atoms with Crippen LogP contribution >= 0.6 is 0 Å². The van der Waals surface area contributed by atoms with Gasteiger partial charge in [0.15, 0.2) is 0 Å². The molecule has 0 heteroatoms. The van der Waals surface area contributed by atoms with E-state index >= 15 is 0 Å². The molecule has 294 valence electrons. The van der Waals surface area contributed by atoms with Crippen molar-refractivity contribution in [2.24, 2.45) is 0 Å². The number of hydrogen-bond donors (Lipinski definition) is 0. The lowest BCUT2D eigenvalue weighted by molar-refractivity contribution is 0.660. The molecule has 0 saturated carbocycles. The maximum Gasteiger partial charge on any atom is 0.0159 e. The van der Waals surface area contributed by atoms with Crippen LogP contribution in [0.3, 0.4) is 0 Å². The topological polar surface area (TPSA) is 0 Å². The van der Waals surface area contributed by atoms with Crippen LogP contribution in [0.4, 0.5) is 0 Å². The fraction of sp³-hybridized carbons (Fsp3) is 0.0968. The highest BCUT2D eigenvalue weighted by Gasteiger charge is 2.37. The number of rotatable bonds is 5. The molecule has 0 fully saturated rings. The number of fused-ring (bicyclic) bond motifs is 8. The quantitative estimate of drug-likeness (QED) is 0.152. The summed E-state index contributed by atoms with van der Waals surface area (Å²) in [6.45, 7) is 9.48. The molecular weight excluding hydrogens is 745 g/mol. The Labute approximate surface area is 364 Å². The van der Waals surface area contributed by atoms with Crippen LogP contribution in [0.1, 0.15) is 49.9 Å². The summed E-state index contributed by atoms with van der Waals surface area (Å²) in [4.78, 5) is 0. The van der Waals surface area contributed by atoms with E-state index in [1.807, 2.05) is 0 Å². The van der Waals surface area contributed by atoms with Crippen LogP contribution in [0, 0.1) is 0 Å². The van der Waals surface area contributed by atoms with Crippen molar-refractivity contribution in [2.45, 2.75) is 38.5 Å². The van der Waals surface area contributed by atoms with Crippen LogP contribution in [-0.2, 0) is 10.8 Å². The SMILES string of the molecule is CC1(C)c2ccccc2-c2cc(-c3c4ccccc4c(-c4ccccc4-c4ccc(-c5ccccc5)cc4)c4ccc(-c5ccc6c(c5)C(C)(C)c5ccccc5-6)cc34)ccc21. The van der Waals surface area contributed by atoms with Crippen molar-refractivity contribution in [3.05, 3.63) is 229 Å². The number of hydrogen-bond acceptors (Lipinski definition) is 0. The van der Waals surface area contributed by atoms with Crippen LogP contribution in [0.5, 0.6) is 0 Å². The molecule has 10 aromatic rings. The van der Waals surface area contributed by atoms with Crippen molar-refractivity contribution in [3.63, 3.8) is 0 Å². The van der Waals surface area contributed by atoms with Gasteiger partial charge in [0.1, 0.15) is 0 Å². The van der Waals surface area contributed by atoms with Gasteiger partial charge in [0.25, 0.3) is 0 Å². The second-order valence-electron chi connectivity index (χ2n) is 18.4. The van der Waals surface area contributed by atoms with Gasteiger partial charge in [0.05, 0.1) is 0 Å². The first kappa shape index (κ1) is 36.6. The second kappa shape index (κ2) is 13.6. The summed E-state index contributed by atoms with van der Waals surface area (Å²) in [6, 6.07) is 77.4. The Hall–Kier alpha value is -7.28. The van der Waals surface area contributed by atoms with Crippen LogP contribution in [-0.4, -0.2) is 0 Å². The smallest absolute Gasteiger partial charge is 0.0159 e. The standard InChI is InChI=1S/C62H46/c1-61(2)56-25-15-13-20-47(56)53-37-44(32-35-57(53)61)59-50-22-10-11-23-51(50)60(49-21-9-8-18-45(49)41-28-26-40(27-29-41)39-16-6-5-7-17-39)52-34-31-42(36-54(52)59)43-30-33-48-46-19-12-14-24-55(46)62(3,4)58(48)38-43/h5-38H,1-4H3. The van der Waals surface area contributed by atoms with Gasteiger partial charge >= 0.3 is 0 Å². The molecule has 0 spiro atoms. The van der Waals surface area contributed by atoms with Gasteiger partial charge < -0.3 is 0 Å². The lowest BCUT2D eigenvalue weighted by atomic mass is 9.80. The van der Waals surface area contributed by atoms with Crippen molar-refractivity contribution in [3.8, 4) is 77.9 Å². The summed E-state index contributed by atoms with van der Waals surface area (Å²) in [5.74, 6) is 0. The Morgan fingerprint density at radius 3 is 1.40 bits per heavy atom. The number of benzene rings is 10. The molecule has 62 heavy (non-hydrogen) atoms. The maximum absolute atomic E-state index is 2.49. The Bertz CT molecular complexity index is 3430. The monoisotopic (exact) mass is 790 g/mol. The highest BCUT2D eigenvalue weighted by Crippen LogP contribution is 2.53.